The molecule has 0 aliphatic heterocycles. The molecule has 3 rings (SSSR count). The smallest absolute Gasteiger partial charge is 0.311 e. The summed E-state index contributed by atoms with van der Waals surface area (Å²) in [4.78, 5) is 29.4. The molecule has 0 saturated heterocycles. The molecule has 0 saturated carbocycles. The van der Waals surface area contributed by atoms with Gasteiger partial charge in [-0.15, -0.1) is 0 Å². The molecule has 0 radical (unpaired) electrons. The van der Waals surface area contributed by atoms with Crippen LogP contribution in [-0.2, 0) is 0 Å². The molecule has 1 aromatic heterocycles. The van der Waals surface area contributed by atoms with Gasteiger partial charge in [0.05, 0.1) is 23.4 Å². The largest absolute Gasteiger partial charge is 0.487 e. The Bertz CT molecular complexity index is 1060. The number of ether oxygens (including phenoxy) is 1. The maximum atomic E-state index is 11.9. The van der Waals surface area contributed by atoms with Gasteiger partial charge in [-0.1, -0.05) is 30.3 Å². The van der Waals surface area contributed by atoms with Crippen LogP contribution in [0.2, 0.25) is 0 Å². The molecule has 3 aromatic rings. The lowest BCUT2D eigenvalue weighted by Gasteiger charge is -2.05. The van der Waals surface area contributed by atoms with E-state index in [1.807, 2.05) is 30.3 Å². The maximum Gasteiger partial charge on any atom is 0.311 e. The lowest BCUT2D eigenvalue weighted by molar-refractivity contribution is -0.385. The minimum Gasteiger partial charge on any atom is -0.487 e. The third-order valence-electron chi connectivity index (χ3n) is 3.67. The van der Waals surface area contributed by atoms with Gasteiger partial charge in [-0.05, 0) is 19.1 Å². The summed E-state index contributed by atoms with van der Waals surface area (Å²) in [6.45, 7) is 2.08. The van der Waals surface area contributed by atoms with Gasteiger partial charge in [-0.3, -0.25) is 19.9 Å². The first-order valence-electron chi connectivity index (χ1n) is 8.44. The predicted octanol–water partition coefficient (Wildman–Crippen LogP) is 3.19. The molecule has 0 amide bonds. The second-order valence-electron chi connectivity index (χ2n) is 5.63. The molecule has 0 atom stereocenters. The molecular formula is C19H17N5O4. The molecule has 0 spiro atoms. The Morgan fingerprint density at radius 2 is 2.04 bits per heavy atom. The highest BCUT2D eigenvalue weighted by Crippen LogP contribution is 2.27. The second kappa shape index (κ2) is 8.58. The summed E-state index contributed by atoms with van der Waals surface area (Å²) < 4.78 is 5.24. The summed E-state index contributed by atoms with van der Waals surface area (Å²) >= 11 is 0. The molecule has 0 unspecified atom stereocenters. The van der Waals surface area contributed by atoms with Crippen LogP contribution < -0.4 is 15.7 Å². The fraction of sp³-hybridized carbons (Fsp3) is 0.105. The lowest BCUT2D eigenvalue weighted by Crippen LogP contribution is -2.10. The van der Waals surface area contributed by atoms with Gasteiger partial charge in [0.1, 0.15) is 0 Å². The van der Waals surface area contributed by atoms with Crippen LogP contribution in [0.4, 0.5) is 11.6 Å². The first kappa shape index (κ1) is 18.8. The van der Waals surface area contributed by atoms with Crippen LogP contribution in [0.25, 0.3) is 11.3 Å². The lowest BCUT2D eigenvalue weighted by atomic mass is 10.1. The van der Waals surface area contributed by atoms with E-state index in [2.05, 4.69) is 20.5 Å². The highest BCUT2D eigenvalue weighted by Gasteiger charge is 2.15. The third-order valence-corrected chi connectivity index (χ3v) is 3.67. The Hall–Kier alpha value is -4.01. The number of aromatic nitrogens is 2. The van der Waals surface area contributed by atoms with Crippen molar-refractivity contribution in [1.29, 1.82) is 0 Å². The number of aromatic amines is 1. The van der Waals surface area contributed by atoms with E-state index < -0.39 is 4.92 Å². The van der Waals surface area contributed by atoms with E-state index in [1.165, 1.54) is 24.4 Å². The Balaban J connectivity index is 1.80. The Morgan fingerprint density at radius 1 is 1.25 bits per heavy atom. The zero-order valence-corrected chi connectivity index (χ0v) is 15.0. The van der Waals surface area contributed by atoms with Crippen molar-refractivity contribution < 1.29 is 9.66 Å². The highest BCUT2D eigenvalue weighted by molar-refractivity contribution is 5.82. The second-order valence-corrected chi connectivity index (χ2v) is 5.63. The number of benzene rings is 2. The zero-order valence-electron chi connectivity index (χ0n) is 15.0. The number of nitro benzene ring substituents is 1. The van der Waals surface area contributed by atoms with Crippen LogP contribution in [0.1, 0.15) is 12.5 Å². The maximum absolute atomic E-state index is 11.9. The van der Waals surface area contributed by atoms with Gasteiger partial charge >= 0.3 is 5.69 Å². The van der Waals surface area contributed by atoms with Crippen LogP contribution >= 0.6 is 0 Å². The van der Waals surface area contributed by atoms with Crippen molar-refractivity contribution in [1.82, 2.24) is 9.97 Å². The standard InChI is InChI=1S/C19H17N5O4/c1-2-28-17-9-8-13(10-16(17)24(26)27)12-20-23-19-21-15(11-18(25)22-19)14-6-4-3-5-7-14/h3-12H,2H2,1H3,(H2,21,22,23,25)/b20-12-. The number of hydrogen-bond donors (Lipinski definition) is 2. The van der Waals surface area contributed by atoms with Crippen LogP contribution in [0.5, 0.6) is 5.75 Å². The molecule has 9 heteroatoms. The normalized spacial score (nSPS) is 10.8. The molecule has 0 aliphatic carbocycles. The summed E-state index contributed by atoms with van der Waals surface area (Å²) in [7, 11) is 0. The van der Waals surface area contributed by atoms with E-state index in [0.717, 1.165) is 5.56 Å². The van der Waals surface area contributed by atoms with E-state index in [1.54, 1.807) is 13.0 Å². The van der Waals surface area contributed by atoms with Gasteiger partial charge in [0, 0.05) is 23.3 Å². The number of nitrogens with zero attached hydrogens (tertiary/aromatic N) is 3. The average molecular weight is 379 g/mol. The van der Waals surface area contributed by atoms with Gasteiger partial charge in [0.25, 0.3) is 5.56 Å². The molecule has 9 nitrogen and oxygen atoms in total. The van der Waals surface area contributed by atoms with E-state index in [0.29, 0.717) is 17.9 Å². The topological polar surface area (TPSA) is 123 Å². The molecule has 0 fully saturated rings. The molecule has 0 aliphatic rings. The fourth-order valence-corrected chi connectivity index (χ4v) is 2.47. The molecule has 0 bridgehead atoms. The van der Waals surface area contributed by atoms with Gasteiger partial charge in [0.2, 0.25) is 5.95 Å². The third kappa shape index (κ3) is 4.58. The van der Waals surface area contributed by atoms with Crippen molar-refractivity contribution in [2.45, 2.75) is 6.92 Å². The number of hydrogen-bond acceptors (Lipinski definition) is 7. The van der Waals surface area contributed by atoms with Crippen LogP contribution in [0, 0.1) is 10.1 Å². The first-order valence-corrected chi connectivity index (χ1v) is 8.44. The minimum atomic E-state index is -0.516. The SMILES string of the molecule is CCOc1ccc(/C=N\Nc2nc(-c3ccccc3)cc(=O)[nH]2)cc1[N+](=O)[O-]. The van der Waals surface area contributed by atoms with Crippen molar-refractivity contribution in [3.05, 3.63) is 80.6 Å². The first-order chi connectivity index (χ1) is 13.6. The van der Waals surface area contributed by atoms with Gasteiger partial charge in [-0.2, -0.15) is 5.10 Å². The van der Waals surface area contributed by atoms with Crippen molar-refractivity contribution in [2.75, 3.05) is 12.0 Å². The summed E-state index contributed by atoms with van der Waals surface area (Å²) in [5, 5.41) is 15.2. The zero-order chi connectivity index (χ0) is 19.9. The van der Waals surface area contributed by atoms with Gasteiger partial charge in [-0.25, -0.2) is 10.4 Å². The summed E-state index contributed by atoms with van der Waals surface area (Å²) in [5.41, 5.74) is 3.94. The number of hydrazone groups is 1. The van der Waals surface area contributed by atoms with E-state index in [4.69, 9.17) is 4.74 Å². The van der Waals surface area contributed by atoms with E-state index >= 15 is 0 Å². The Labute approximate surface area is 159 Å². The van der Waals surface area contributed by atoms with Gasteiger partial charge < -0.3 is 4.74 Å². The number of nitro groups is 1. The van der Waals surface area contributed by atoms with Crippen molar-refractivity contribution in [3.8, 4) is 17.0 Å². The summed E-state index contributed by atoms with van der Waals surface area (Å²) in [6.07, 6.45) is 1.39. The van der Waals surface area contributed by atoms with E-state index in [9.17, 15) is 14.9 Å². The van der Waals surface area contributed by atoms with Crippen molar-refractivity contribution >= 4 is 17.9 Å². The fourth-order valence-electron chi connectivity index (χ4n) is 2.47. The highest BCUT2D eigenvalue weighted by atomic mass is 16.6. The number of rotatable bonds is 7. The monoisotopic (exact) mass is 379 g/mol. The molecule has 2 aromatic carbocycles. The molecule has 142 valence electrons. The van der Waals surface area contributed by atoms with Crippen LogP contribution in [0.15, 0.2) is 64.5 Å². The number of H-pyrrole nitrogens is 1. The minimum absolute atomic E-state index is 0.150. The van der Waals surface area contributed by atoms with Crippen LogP contribution in [0.3, 0.4) is 0 Å². The average Bonchev–Trinajstić information content (AvgIpc) is 2.69. The number of nitrogens with one attached hydrogen (secondary N) is 2. The number of anilines is 1. The molecular weight excluding hydrogens is 362 g/mol. The molecule has 28 heavy (non-hydrogen) atoms. The predicted molar refractivity (Wildman–Crippen MR) is 106 cm³/mol. The quantitative estimate of drug-likeness (QED) is 0.369. The summed E-state index contributed by atoms with van der Waals surface area (Å²) in [6, 6.07) is 15.1. The van der Waals surface area contributed by atoms with Gasteiger partial charge in [0.15, 0.2) is 5.75 Å². The van der Waals surface area contributed by atoms with Crippen LogP contribution in [-0.4, -0.2) is 27.7 Å². The summed E-state index contributed by atoms with van der Waals surface area (Å²) in [5.74, 6) is 0.349. The molecule has 2 N–H and O–H groups in total. The van der Waals surface area contributed by atoms with Crippen molar-refractivity contribution in [3.63, 3.8) is 0 Å². The molecule has 1 heterocycles. The Morgan fingerprint density at radius 3 is 2.75 bits per heavy atom. The Kier molecular flexibility index (Phi) is 5.75. The van der Waals surface area contributed by atoms with Crippen molar-refractivity contribution in [2.24, 2.45) is 5.10 Å². The van der Waals surface area contributed by atoms with E-state index in [-0.39, 0.29) is 22.9 Å².